The highest BCUT2D eigenvalue weighted by molar-refractivity contribution is 5.98. The van der Waals surface area contributed by atoms with Gasteiger partial charge in [-0.3, -0.25) is 38.4 Å². The Morgan fingerprint density at radius 3 is 1.68 bits per heavy atom. The number of aromatic nitrogens is 6. The number of amides is 8. The smallest absolute Gasteiger partial charge is 0.326 e. The molecule has 2 saturated heterocycles. The van der Waals surface area contributed by atoms with E-state index in [0.29, 0.717) is 39.4 Å². The van der Waals surface area contributed by atoms with Crippen LogP contribution in [-0.2, 0) is 73.8 Å². The molecule has 0 saturated carbocycles. The minimum atomic E-state index is -1.52. The average Bonchev–Trinajstić information content (AvgIpc) is 1.67. The van der Waals surface area contributed by atoms with Crippen molar-refractivity contribution >= 4 is 70.0 Å². The van der Waals surface area contributed by atoms with Crippen LogP contribution in [0.1, 0.15) is 103 Å². The van der Waals surface area contributed by atoms with Gasteiger partial charge >= 0.3 is 11.9 Å². The van der Waals surface area contributed by atoms with Gasteiger partial charge in [-0.2, -0.15) is 0 Å². The number of aliphatic carboxylic acids is 2. The van der Waals surface area contributed by atoms with E-state index in [1.54, 1.807) is 130 Å². The molecule has 0 radical (unpaired) electrons. The number of likely N-dealkylation sites (tertiary alicyclic amines) is 2. The maximum absolute atomic E-state index is 15.2. The van der Waals surface area contributed by atoms with Crippen LogP contribution in [0, 0.1) is 10.8 Å². The monoisotopic (exact) mass is 1330 g/mol. The minimum absolute atomic E-state index is 0.0137. The molecule has 4 aromatic carbocycles. The number of nitrogens with zero attached hydrogens (tertiary/aromatic N) is 8. The van der Waals surface area contributed by atoms with Crippen LogP contribution < -0.4 is 47.3 Å². The molecule has 0 aliphatic carbocycles. The van der Waals surface area contributed by atoms with Crippen molar-refractivity contribution in [1.29, 1.82) is 0 Å². The molecule has 11 unspecified atom stereocenters. The second-order valence-corrected chi connectivity index (χ2v) is 27.3. The van der Waals surface area contributed by atoms with Crippen LogP contribution in [0.3, 0.4) is 0 Å². The SMILES string of the molecule is CNC(C)C(=O)NC(C(=O)N1CC2CC1C(=O)NCC(=O)NC(C(=O)O)Cc1ccc(cc1)OCc1cn(nn1)C1CC(C(=O)NC(Cc3ccc4ccccc4c3)C(=O)NC(C(=O)O)Cc3ccc(cc3)-c3cn2nn3)N(C(=O)C(NC(=O)C(C)NC)C(C)(C)C)C1)C(C)(C)C. The first-order valence-electron chi connectivity index (χ1n) is 32.3. The Hall–Kier alpha value is -10.2. The molecule has 2 aromatic heterocycles. The topological polar surface area (TPSA) is 385 Å². The van der Waals surface area contributed by atoms with Crippen molar-refractivity contribution in [1.82, 2.24) is 82.3 Å². The molecule has 29 nitrogen and oxygen atoms in total. The van der Waals surface area contributed by atoms with Crippen LogP contribution in [0.2, 0.25) is 0 Å². The number of likely N-dealkylation sites (N-methyl/N-ethyl adjacent to an activating group) is 2. The van der Waals surface area contributed by atoms with Gasteiger partial charge in [0, 0.05) is 50.8 Å². The number of nitrogens with one attached hydrogen (secondary N) is 8. The molecule has 516 valence electrons. The van der Waals surface area contributed by atoms with Crippen LogP contribution in [0.4, 0.5) is 0 Å². The lowest BCUT2D eigenvalue weighted by atomic mass is 9.85. The summed E-state index contributed by atoms with van der Waals surface area (Å²) in [5.74, 6) is -7.52. The second-order valence-electron chi connectivity index (χ2n) is 27.3. The summed E-state index contributed by atoms with van der Waals surface area (Å²) in [6.45, 7) is 13.0. The van der Waals surface area contributed by atoms with E-state index in [9.17, 15) is 48.6 Å². The standard InChI is InChI=1S/C68H86N16O13/c1-37(69-9)58(86)75-56(67(3,4)5)63(91)81-34-47-29-53(81)61(89)71-31-55(85)72-50(65(93)94)26-40-18-23-48(24-19-40)97-36-45-32-83(79-77-45)46-30-54(82(33-46)64(92)57(68(6,7)8)76-59(87)38(2)70-10)62(90)73-49(28-41-17-20-42-13-11-12-14-44(42)25-41)60(88)74-51(66(95)96)27-39-15-21-43(22-16-39)52-35-84(47)80-78-52/h11-25,32,35,37-38,46-47,49-51,53-54,56-57,69-70H,26-31,33-34,36H2,1-10H3,(H,71,89)(H,72,85)(H,73,90)(H,74,88)(H,75,86)(H,76,87)(H,93,94)(H,95,96). The van der Waals surface area contributed by atoms with Gasteiger partial charge in [0.2, 0.25) is 47.3 Å². The number of fused-ring (bicyclic) bond motifs is 1. The maximum atomic E-state index is 15.2. The first-order chi connectivity index (χ1) is 46.0. The fourth-order valence-electron chi connectivity index (χ4n) is 12.0. The summed E-state index contributed by atoms with van der Waals surface area (Å²) < 4.78 is 9.09. The van der Waals surface area contributed by atoms with Crippen LogP contribution in [0.25, 0.3) is 22.0 Å². The number of benzene rings is 4. The van der Waals surface area contributed by atoms with E-state index >= 15 is 9.59 Å². The molecule has 8 heterocycles. The molecule has 2 fully saturated rings. The number of carboxylic acid groups (broad SMARTS) is 2. The fraction of sp³-hybridized carbons (Fsp3) is 0.471. The van der Waals surface area contributed by atoms with E-state index in [1.807, 2.05) is 42.5 Å². The molecule has 12 rings (SSSR count). The first kappa shape index (κ1) is 71.1. The molecule has 10 N–H and O–H groups in total. The number of carbonyl (C=O) groups is 10. The van der Waals surface area contributed by atoms with E-state index < -0.39 is 143 Å². The van der Waals surface area contributed by atoms with Crippen molar-refractivity contribution in [3.05, 3.63) is 126 Å². The summed E-state index contributed by atoms with van der Waals surface area (Å²) in [5.41, 5.74) is 1.18. The highest BCUT2D eigenvalue weighted by Gasteiger charge is 2.48. The Labute approximate surface area is 560 Å². The van der Waals surface area contributed by atoms with Crippen molar-refractivity contribution in [2.24, 2.45) is 10.8 Å². The van der Waals surface area contributed by atoms with Crippen molar-refractivity contribution in [2.75, 3.05) is 33.7 Å². The van der Waals surface area contributed by atoms with Crippen LogP contribution >= 0.6 is 0 Å². The van der Waals surface area contributed by atoms with E-state index in [0.717, 1.165) is 10.8 Å². The number of carbonyl (C=O) groups excluding carboxylic acids is 8. The predicted octanol–water partition coefficient (Wildman–Crippen LogP) is 1.61. The van der Waals surface area contributed by atoms with Crippen LogP contribution in [0.15, 0.2) is 103 Å². The van der Waals surface area contributed by atoms with E-state index in [-0.39, 0.29) is 51.8 Å². The van der Waals surface area contributed by atoms with Gasteiger partial charge < -0.3 is 67.3 Å². The largest absolute Gasteiger partial charge is 0.487 e. The Morgan fingerprint density at radius 1 is 0.619 bits per heavy atom. The molecular formula is C68H86N16O13. The van der Waals surface area contributed by atoms with Crippen LogP contribution in [-0.4, -0.2) is 197 Å². The van der Waals surface area contributed by atoms with Gasteiger partial charge in [0.25, 0.3) is 0 Å². The van der Waals surface area contributed by atoms with Gasteiger partial charge in [-0.15, -0.1) is 10.2 Å². The van der Waals surface area contributed by atoms with Gasteiger partial charge in [-0.05, 0) is 78.4 Å². The van der Waals surface area contributed by atoms with Gasteiger partial charge in [0.05, 0.1) is 43.1 Å². The molecule has 11 atom stereocenters. The zero-order valence-corrected chi connectivity index (χ0v) is 56.0. The minimum Gasteiger partial charge on any atom is -0.487 e. The number of rotatable bonds is 12. The molecule has 6 aromatic rings. The summed E-state index contributed by atoms with van der Waals surface area (Å²) in [6, 6.07) is 14.5. The molecule has 6 aliphatic rings. The molecule has 12 bridgehead atoms. The number of hydrogen-bond donors (Lipinski definition) is 10. The predicted molar refractivity (Wildman–Crippen MR) is 354 cm³/mol. The third-order valence-corrected chi connectivity index (χ3v) is 18.0. The Balaban J connectivity index is 1.05. The summed E-state index contributed by atoms with van der Waals surface area (Å²) in [6.07, 6.45) is 2.72. The molecule has 29 heteroatoms. The Kier molecular flexibility index (Phi) is 22.2. The molecular weight excluding hydrogens is 1250 g/mol. The maximum Gasteiger partial charge on any atom is 0.326 e. The van der Waals surface area contributed by atoms with E-state index in [1.165, 1.54) is 19.2 Å². The van der Waals surface area contributed by atoms with Crippen molar-refractivity contribution in [2.45, 2.75) is 161 Å². The normalized spacial score (nSPS) is 22.0. The van der Waals surface area contributed by atoms with Gasteiger partial charge in [-0.1, -0.05) is 131 Å². The van der Waals surface area contributed by atoms with Gasteiger partial charge in [0.1, 0.15) is 66.0 Å². The van der Waals surface area contributed by atoms with E-state index in [2.05, 4.69) is 63.2 Å². The van der Waals surface area contributed by atoms with Gasteiger partial charge in [-0.25, -0.2) is 19.0 Å². The molecule has 6 aliphatic heterocycles. The molecule has 0 spiro atoms. The van der Waals surface area contributed by atoms with Crippen molar-refractivity contribution < 1.29 is 62.9 Å². The highest BCUT2D eigenvalue weighted by Crippen LogP contribution is 2.34. The summed E-state index contributed by atoms with van der Waals surface area (Å²) in [5, 5.41) is 62.5. The zero-order chi connectivity index (χ0) is 70.2. The fourth-order valence-corrected chi connectivity index (χ4v) is 12.0. The lowest BCUT2D eigenvalue weighted by molar-refractivity contribution is -0.145. The highest BCUT2D eigenvalue weighted by atomic mass is 16.5. The second kappa shape index (κ2) is 30.3. The first-order valence-corrected chi connectivity index (χ1v) is 32.3. The lowest BCUT2D eigenvalue weighted by Gasteiger charge is -2.36. The Bertz CT molecular complexity index is 3900. The zero-order valence-electron chi connectivity index (χ0n) is 56.0. The third-order valence-electron chi connectivity index (χ3n) is 18.0. The van der Waals surface area contributed by atoms with E-state index in [4.69, 9.17) is 4.74 Å². The number of ether oxygens (including phenoxy) is 1. The molecule has 97 heavy (non-hydrogen) atoms. The van der Waals surface area contributed by atoms with Crippen molar-refractivity contribution in [3.8, 4) is 17.0 Å². The van der Waals surface area contributed by atoms with Crippen LogP contribution in [0.5, 0.6) is 5.75 Å². The van der Waals surface area contributed by atoms with Crippen molar-refractivity contribution in [3.63, 3.8) is 0 Å². The third kappa shape index (κ3) is 17.5. The number of hydrogen-bond acceptors (Lipinski definition) is 17. The number of carboxylic acids is 2. The Morgan fingerprint density at radius 2 is 1.13 bits per heavy atom. The summed E-state index contributed by atoms with van der Waals surface area (Å²) in [4.78, 5) is 143. The quantitative estimate of drug-likeness (QED) is 0.0832. The average molecular weight is 1340 g/mol. The lowest BCUT2D eigenvalue weighted by Crippen LogP contribution is -2.60. The summed E-state index contributed by atoms with van der Waals surface area (Å²) in [7, 11) is 3.21. The van der Waals surface area contributed by atoms with Gasteiger partial charge in [0.15, 0.2) is 0 Å². The molecule has 8 amide bonds. The summed E-state index contributed by atoms with van der Waals surface area (Å²) >= 11 is 0.